The zero-order chi connectivity index (χ0) is 14.2. The molecule has 2 aromatic rings. The highest BCUT2D eigenvalue weighted by atomic mass is 32.1. The van der Waals surface area contributed by atoms with Crippen LogP contribution in [0.3, 0.4) is 0 Å². The first-order valence-corrected chi connectivity index (χ1v) is 5.78. The monoisotopic (exact) mass is 288 g/mol. The molecule has 100 valence electrons. The van der Waals surface area contributed by atoms with E-state index < -0.39 is 29.1 Å². The van der Waals surface area contributed by atoms with Crippen molar-refractivity contribution in [2.24, 2.45) is 0 Å². The smallest absolute Gasteiger partial charge is 0.340 e. The van der Waals surface area contributed by atoms with E-state index in [9.17, 15) is 18.0 Å². The third-order valence-electron chi connectivity index (χ3n) is 2.32. The predicted molar refractivity (Wildman–Crippen MR) is 63.4 cm³/mol. The summed E-state index contributed by atoms with van der Waals surface area (Å²) >= 11 is 0.766. The molecule has 0 aliphatic carbocycles. The van der Waals surface area contributed by atoms with Crippen molar-refractivity contribution in [1.82, 2.24) is 4.37 Å². The van der Waals surface area contributed by atoms with Gasteiger partial charge in [0.15, 0.2) is 11.6 Å². The van der Waals surface area contributed by atoms with Gasteiger partial charge in [0.2, 0.25) is 0 Å². The summed E-state index contributed by atoms with van der Waals surface area (Å²) in [6.45, 7) is 1.47. The number of halogens is 3. The molecular formula is C11H7F3N2O2S. The number of aromatic nitrogens is 1. The molecule has 19 heavy (non-hydrogen) atoms. The van der Waals surface area contributed by atoms with E-state index >= 15 is 0 Å². The van der Waals surface area contributed by atoms with E-state index in [2.05, 4.69) is 9.69 Å². The summed E-state index contributed by atoms with van der Waals surface area (Å²) in [5, 5.41) is 11.3. The zero-order valence-corrected chi connectivity index (χ0v) is 10.3. The number of carboxylic acids is 1. The van der Waals surface area contributed by atoms with Crippen molar-refractivity contribution in [3.05, 3.63) is 40.8 Å². The maximum absolute atomic E-state index is 13.4. The molecule has 0 bridgehead atoms. The number of nitrogens with one attached hydrogen (secondary N) is 1. The molecule has 2 N–H and O–H groups in total. The number of aryl methyl sites for hydroxylation is 1. The fraction of sp³-hybridized carbons (Fsp3) is 0.0909. The highest BCUT2D eigenvalue weighted by molar-refractivity contribution is 7.10. The van der Waals surface area contributed by atoms with Gasteiger partial charge in [-0.15, -0.1) is 0 Å². The van der Waals surface area contributed by atoms with Gasteiger partial charge >= 0.3 is 5.97 Å². The first-order chi connectivity index (χ1) is 8.90. The molecule has 0 amide bonds. The van der Waals surface area contributed by atoms with Crippen LogP contribution in [-0.2, 0) is 0 Å². The molecular weight excluding hydrogens is 281 g/mol. The number of hydrogen-bond donors (Lipinski definition) is 2. The Bertz CT molecular complexity index is 658. The van der Waals surface area contributed by atoms with E-state index in [1.54, 1.807) is 0 Å². The zero-order valence-electron chi connectivity index (χ0n) is 9.50. The minimum atomic E-state index is -1.36. The number of aromatic carboxylic acids is 1. The van der Waals surface area contributed by atoms with E-state index in [4.69, 9.17) is 5.11 Å². The van der Waals surface area contributed by atoms with Crippen LogP contribution in [0, 0.1) is 24.4 Å². The lowest BCUT2D eigenvalue weighted by atomic mass is 10.2. The summed E-state index contributed by atoms with van der Waals surface area (Å²) in [7, 11) is 0. The molecule has 0 unspecified atom stereocenters. The summed E-state index contributed by atoms with van der Waals surface area (Å²) in [5.74, 6) is -4.88. The van der Waals surface area contributed by atoms with Crippen molar-refractivity contribution >= 4 is 28.2 Å². The molecule has 0 atom stereocenters. The van der Waals surface area contributed by atoms with Gasteiger partial charge in [0, 0.05) is 12.1 Å². The lowest BCUT2D eigenvalue weighted by molar-refractivity contribution is 0.0697. The third-order valence-corrected chi connectivity index (χ3v) is 3.17. The predicted octanol–water partition coefficient (Wildman–Crippen LogP) is 3.31. The summed E-state index contributed by atoms with van der Waals surface area (Å²) in [5.41, 5.74) is -0.407. The Kier molecular flexibility index (Phi) is 3.43. The molecule has 0 spiro atoms. The van der Waals surface area contributed by atoms with Gasteiger partial charge in [0.05, 0.1) is 11.4 Å². The second kappa shape index (κ2) is 4.88. The molecule has 0 fully saturated rings. The third kappa shape index (κ3) is 2.53. The number of benzene rings is 1. The Morgan fingerprint density at radius 3 is 2.68 bits per heavy atom. The average Bonchev–Trinajstić information content (AvgIpc) is 2.66. The number of rotatable bonds is 3. The normalized spacial score (nSPS) is 10.5. The molecule has 1 heterocycles. The average molecular weight is 288 g/mol. The van der Waals surface area contributed by atoms with Crippen LogP contribution in [0.25, 0.3) is 0 Å². The lowest BCUT2D eigenvalue weighted by Gasteiger charge is -2.07. The van der Waals surface area contributed by atoms with Crippen LogP contribution < -0.4 is 5.32 Å². The maximum atomic E-state index is 13.4. The Morgan fingerprint density at radius 2 is 2.05 bits per heavy atom. The van der Waals surface area contributed by atoms with Crippen molar-refractivity contribution < 1.29 is 23.1 Å². The summed E-state index contributed by atoms with van der Waals surface area (Å²) in [4.78, 5) is 11.0. The summed E-state index contributed by atoms with van der Waals surface area (Å²) < 4.78 is 43.3. The van der Waals surface area contributed by atoms with Gasteiger partial charge < -0.3 is 10.4 Å². The van der Waals surface area contributed by atoms with Crippen LogP contribution in [0.2, 0.25) is 0 Å². The highest BCUT2D eigenvalue weighted by Gasteiger charge is 2.20. The van der Waals surface area contributed by atoms with Gasteiger partial charge in [-0.2, -0.15) is 4.37 Å². The standard InChI is InChI=1S/C11H7F3N2O2S/c1-4-8(11(17)18)10(19-16-4)15-7-3-5(12)2-6(13)9(7)14/h2-3,15H,1H3,(H,17,18). The molecule has 0 aliphatic heterocycles. The highest BCUT2D eigenvalue weighted by Crippen LogP contribution is 2.30. The number of carboxylic acid groups (broad SMARTS) is 1. The molecule has 0 aliphatic rings. The molecule has 0 saturated heterocycles. The number of hydrogen-bond acceptors (Lipinski definition) is 4. The second-order valence-corrected chi connectivity index (χ2v) is 4.42. The molecule has 0 radical (unpaired) electrons. The van der Waals surface area contributed by atoms with E-state index in [-0.39, 0.29) is 16.3 Å². The molecule has 8 heteroatoms. The minimum absolute atomic E-state index is 0.00824. The molecule has 2 rings (SSSR count). The first kappa shape index (κ1) is 13.3. The Hall–Kier alpha value is -2.09. The largest absolute Gasteiger partial charge is 0.478 e. The number of nitrogens with zero attached hydrogens (tertiary/aromatic N) is 1. The van der Waals surface area contributed by atoms with Crippen LogP contribution >= 0.6 is 11.5 Å². The van der Waals surface area contributed by atoms with Crippen LogP contribution in [0.15, 0.2) is 12.1 Å². The van der Waals surface area contributed by atoms with Gasteiger partial charge in [0.25, 0.3) is 0 Å². The minimum Gasteiger partial charge on any atom is -0.478 e. The fourth-order valence-electron chi connectivity index (χ4n) is 1.48. The van der Waals surface area contributed by atoms with Crippen LogP contribution in [-0.4, -0.2) is 15.4 Å². The second-order valence-electron chi connectivity index (χ2n) is 3.65. The van der Waals surface area contributed by atoms with E-state index in [1.807, 2.05) is 0 Å². The Labute approximate surface area is 109 Å². The Morgan fingerprint density at radius 1 is 1.37 bits per heavy atom. The topological polar surface area (TPSA) is 62.2 Å². The van der Waals surface area contributed by atoms with Crippen LogP contribution in [0.1, 0.15) is 16.1 Å². The van der Waals surface area contributed by atoms with Gasteiger partial charge in [-0.25, -0.2) is 18.0 Å². The quantitative estimate of drug-likeness (QED) is 0.851. The van der Waals surface area contributed by atoms with Crippen molar-refractivity contribution in [3.8, 4) is 0 Å². The number of anilines is 2. The van der Waals surface area contributed by atoms with Gasteiger partial charge in [-0.3, -0.25) is 0 Å². The first-order valence-electron chi connectivity index (χ1n) is 5.01. The van der Waals surface area contributed by atoms with Gasteiger partial charge in [0.1, 0.15) is 16.4 Å². The van der Waals surface area contributed by atoms with Crippen molar-refractivity contribution in [3.63, 3.8) is 0 Å². The molecule has 1 aromatic heterocycles. The van der Waals surface area contributed by atoms with E-state index in [0.29, 0.717) is 6.07 Å². The van der Waals surface area contributed by atoms with Crippen LogP contribution in [0.4, 0.5) is 23.9 Å². The lowest BCUT2D eigenvalue weighted by Crippen LogP contribution is -2.03. The molecule has 1 aromatic carbocycles. The SMILES string of the molecule is Cc1nsc(Nc2cc(F)cc(F)c2F)c1C(=O)O. The van der Waals surface area contributed by atoms with Crippen molar-refractivity contribution in [2.45, 2.75) is 6.92 Å². The summed E-state index contributed by atoms with van der Waals surface area (Å²) in [6, 6.07) is 1.13. The van der Waals surface area contributed by atoms with E-state index in [1.165, 1.54) is 6.92 Å². The van der Waals surface area contributed by atoms with Crippen molar-refractivity contribution in [2.75, 3.05) is 5.32 Å². The molecule has 4 nitrogen and oxygen atoms in total. The van der Waals surface area contributed by atoms with Crippen LogP contribution in [0.5, 0.6) is 0 Å². The van der Waals surface area contributed by atoms with E-state index in [0.717, 1.165) is 17.6 Å². The fourth-order valence-corrected chi connectivity index (χ4v) is 2.28. The maximum Gasteiger partial charge on any atom is 0.340 e. The van der Waals surface area contributed by atoms with Gasteiger partial charge in [-0.05, 0) is 18.5 Å². The Balaban J connectivity index is 2.45. The van der Waals surface area contributed by atoms with Crippen molar-refractivity contribution in [1.29, 1.82) is 0 Å². The number of carbonyl (C=O) groups is 1. The van der Waals surface area contributed by atoms with Gasteiger partial charge in [-0.1, -0.05) is 0 Å². The molecule has 0 saturated carbocycles. The summed E-state index contributed by atoms with van der Waals surface area (Å²) in [6.07, 6.45) is 0.